The Kier molecular flexibility index (Phi) is 8.29. The molecule has 0 fully saturated rings. The molecule has 3 aromatic carbocycles. The van der Waals surface area contributed by atoms with Crippen LogP contribution in [0, 0.1) is 6.92 Å². The van der Waals surface area contributed by atoms with Crippen molar-refractivity contribution in [2.75, 3.05) is 6.61 Å². The Labute approximate surface area is 280 Å². The fraction of sp³-hybridized carbons (Fsp3) is 0.286. The Morgan fingerprint density at radius 1 is 0.957 bits per heavy atom. The predicted molar refractivity (Wildman–Crippen MR) is 187 cm³/mol. The highest BCUT2D eigenvalue weighted by Crippen LogP contribution is 2.42. The van der Waals surface area contributed by atoms with Gasteiger partial charge in [0.1, 0.15) is 11.4 Å². The maximum Gasteiger partial charge on any atom is 0.352 e. The highest BCUT2D eigenvalue weighted by atomic mass is 35.5. The van der Waals surface area contributed by atoms with Crippen LogP contribution < -0.4 is 4.74 Å². The molecule has 1 aliphatic rings. The van der Waals surface area contributed by atoms with E-state index in [1.165, 1.54) is 0 Å². The third-order valence-corrected chi connectivity index (χ3v) is 11.0. The summed E-state index contributed by atoms with van der Waals surface area (Å²) >= 11 is 10.5. The van der Waals surface area contributed by atoms with Crippen molar-refractivity contribution < 1.29 is 14.6 Å². The number of nitrogens with zero attached hydrogens (tertiary/aromatic N) is 5. The molecule has 0 aliphatic carbocycles. The lowest BCUT2D eigenvalue weighted by Gasteiger charge is -2.13. The average Bonchev–Trinajstić information content (AvgIpc) is 3.62. The quantitative estimate of drug-likeness (QED) is 0.189. The van der Waals surface area contributed by atoms with Crippen molar-refractivity contribution in [1.82, 2.24) is 24.1 Å². The number of benzene rings is 3. The molecular weight excluding hydrogens is 638 g/mol. The van der Waals surface area contributed by atoms with Crippen LogP contribution in [0.5, 0.6) is 5.75 Å². The van der Waals surface area contributed by atoms with E-state index in [4.69, 9.17) is 26.5 Å². The Morgan fingerprint density at radius 2 is 1.78 bits per heavy atom. The first kappa shape index (κ1) is 30.8. The summed E-state index contributed by atoms with van der Waals surface area (Å²) in [6, 6.07) is 18.6. The molecule has 3 aromatic heterocycles. The van der Waals surface area contributed by atoms with Crippen LogP contribution in [0.2, 0.25) is 5.02 Å². The third kappa shape index (κ3) is 5.46. The van der Waals surface area contributed by atoms with Crippen LogP contribution in [0.4, 0.5) is 0 Å². The van der Waals surface area contributed by atoms with Gasteiger partial charge in [0.2, 0.25) is 0 Å². The van der Waals surface area contributed by atoms with E-state index >= 15 is 0 Å². The molecule has 11 heteroatoms. The van der Waals surface area contributed by atoms with Gasteiger partial charge in [-0.1, -0.05) is 41.9 Å². The van der Waals surface area contributed by atoms with Gasteiger partial charge >= 0.3 is 5.97 Å². The Hall–Kier alpha value is -3.86. The van der Waals surface area contributed by atoms with Crippen LogP contribution in [0.3, 0.4) is 0 Å². The van der Waals surface area contributed by atoms with E-state index in [1.807, 2.05) is 61.7 Å². The first-order valence-electron chi connectivity index (χ1n) is 15.1. The monoisotopic (exact) mass is 671 g/mol. The minimum absolute atomic E-state index is 0.269. The molecule has 0 amide bonds. The molecular formula is C35H34ClN5O3S2. The standard InChI is InChI=1S/C35H34ClN5O3S2/c1-20-28-19-45-17-22-15-23(40(3)38-22)18-46-24-14-21-8-5-6-9-25(21)30(16-24)44-13-7-10-26-27-11-12-29(36)31(33(28)41(4)37-20)32(27)39(2)34(26)35(42)43/h5-6,8-9,11-12,14-16H,7,10,13,17-19H2,1-4H3,(H,42,43). The van der Waals surface area contributed by atoms with Crippen molar-refractivity contribution >= 4 is 62.8 Å². The van der Waals surface area contributed by atoms with Crippen LogP contribution in [0.15, 0.2) is 59.5 Å². The third-order valence-electron chi connectivity index (χ3n) is 8.73. The molecule has 4 heterocycles. The van der Waals surface area contributed by atoms with Crippen LogP contribution in [0.1, 0.15) is 45.1 Å². The number of aromatic nitrogens is 5. The second-order valence-electron chi connectivity index (χ2n) is 11.7. The SMILES string of the molecule is Cc1nn(C)c2c1CSCc1cc(n(C)n1)CSc1cc(c3ccccc3c1)OCCCc1c(C(=O)O)n(C)c3c-2c(Cl)ccc13. The van der Waals surface area contributed by atoms with E-state index in [0.717, 1.165) is 83.3 Å². The second-order valence-corrected chi connectivity index (χ2v) is 14.1. The first-order chi connectivity index (χ1) is 22.2. The number of rotatable bonds is 1. The zero-order valence-electron chi connectivity index (χ0n) is 26.1. The molecule has 0 unspecified atom stereocenters. The first-order valence-corrected chi connectivity index (χ1v) is 17.7. The molecule has 7 rings (SSSR count). The van der Waals surface area contributed by atoms with Gasteiger partial charge < -0.3 is 14.4 Å². The Balaban J connectivity index is 1.36. The Bertz CT molecular complexity index is 2150. The maximum absolute atomic E-state index is 12.7. The van der Waals surface area contributed by atoms with E-state index in [1.54, 1.807) is 28.1 Å². The number of hydrogen-bond donors (Lipinski definition) is 1. The van der Waals surface area contributed by atoms with Gasteiger partial charge in [-0.3, -0.25) is 9.36 Å². The number of aryl methyl sites for hydroxylation is 5. The molecule has 0 atom stereocenters. The van der Waals surface area contributed by atoms with Gasteiger partial charge in [0.05, 0.1) is 34.2 Å². The summed E-state index contributed by atoms with van der Waals surface area (Å²) in [5, 5.41) is 23.6. The van der Waals surface area contributed by atoms with Crippen LogP contribution in [0.25, 0.3) is 32.9 Å². The normalized spacial score (nSPS) is 14.3. The zero-order chi connectivity index (χ0) is 32.1. The van der Waals surface area contributed by atoms with Gasteiger partial charge in [0.15, 0.2) is 0 Å². The average molecular weight is 672 g/mol. The Morgan fingerprint density at radius 3 is 2.61 bits per heavy atom. The minimum Gasteiger partial charge on any atom is -0.493 e. The molecule has 0 saturated carbocycles. The van der Waals surface area contributed by atoms with E-state index in [9.17, 15) is 9.90 Å². The molecule has 8 nitrogen and oxygen atoms in total. The van der Waals surface area contributed by atoms with Gasteiger partial charge in [-0.25, -0.2) is 4.79 Å². The van der Waals surface area contributed by atoms with Gasteiger partial charge in [-0.05, 0) is 55.0 Å². The molecule has 236 valence electrons. The molecule has 0 radical (unpaired) electrons. The van der Waals surface area contributed by atoms with Crippen molar-refractivity contribution in [2.24, 2.45) is 21.1 Å². The van der Waals surface area contributed by atoms with Crippen molar-refractivity contribution in [1.29, 1.82) is 0 Å². The smallest absolute Gasteiger partial charge is 0.352 e. The largest absolute Gasteiger partial charge is 0.493 e. The number of ether oxygens (including phenoxy) is 1. The molecule has 46 heavy (non-hydrogen) atoms. The van der Waals surface area contributed by atoms with E-state index in [-0.39, 0.29) is 5.69 Å². The summed E-state index contributed by atoms with van der Waals surface area (Å²) in [5.41, 5.74) is 7.75. The van der Waals surface area contributed by atoms with Gasteiger partial charge in [0, 0.05) is 70.9 Å². The number of aromatic carboxylic acids is 1. The van der Waals surface area contributed by atoms with Crippen LogP contribution >= 0.6 is 35.1 Å². The number of fused-ring (bicyclic) bond motifs is 8. The summed E-state index contributed by atoms with van der Waals surface area (Å²) in [4.78, 5) is 13.8. The van der Waals surface area contributed by atoms with Crippen LogP contribution in [-0.4, -0.2) is 41.8 Å². The molecule has 0 spiro atoms. The maximum atomic E-state index is 12.7. The summed E-state index contributed by atoms with van der Waals surface area (Å²) in [6.07, 6.45) is 1.19. The zero-order valence-corrected chi connectivity index (χ0v) is 28.5. The fourth-order valence-electron chi connectivity index (χ4n) is 6.61. The molecule has 8 bridgehead atoms. The molecule has 1 N–H and O–H groups in total. The number of hydrogen-bond acceptors (Lipinski definition) is 6. The van der Waals surface area contributed by atoms with E-state index in [0.29, 0.717) is 30.2 Å². The van der Waals surface area contributed by atoms with Crippen molar-refractivity contribution in [3.05, 3.63) is 93.5 Å². The van der Waals surface area contributed by atoms with Crippen LogP contribution in [-0.2, 0) is 44.8 Å². The van der Waals surface area contributed by atoms with Gasteiger partial charge in [-0.2, -0.15) is 22.0 Å². The molecule has 6 aromatic rings. The van der Waals surface area contributed by atoms with E-state index in [2.05, 4.69) is 30.3 Å². The summed E-state index contributed by atoms with van der Waals surface area (Å²) < 4.78 is 12.1. The lowest BCUT2D eigenvalue weighted by molar-refractivity contribution is 0.0685. The predicted octanol–water partition coefficient (Wildman–Crippen LogP) is 8.18. The van der Waals surface area contributed by atoms with Gasteiger partial charge in [-0.15, -0.1) is 11.8 Å². The summed E-state index contributed by atoms with van der Waals surface area (Å²) in [6.45, 7) is 2.46. The molecule has 0 saturated heterocycles. The highest BCUT2D eigenvalue weighted by molar-refractivity contribution is 7.98. The fourth-order valence-corrected chi connectivity index (χ4v) is 8.84. The second kappa shape index (κ2) is 12.4. The lowest BCUT2D eigenvalue weighted by atomic mass is 10.0. The van der Waals surface area contributed by atoms with Crippen molar-refractivity contribution in [2.45, 2.75) is 41.9 Å². The number of thioether (sulfide) groups is 2. The number of carbonyl (C=O) groups is 1. The lowest BCUT2D eigenvalue weighted by Crippen LogP contribution is -2.09. The topological polar surface area (TPSA) is 87.1 Å². The minimum atomic E-state index is -0.964. The van der Waals surface area contributed by atoms with Gasteiger partial charge in [0.25, 0.3) is 0 Å². The van der Waals surface area contributed by atoms with Crippen molar-refractivity contribution in [3.8, 4) is 17.0 Å². The number of halogens is 1. The summed E-state index contributed by atoms with van der Waals surface area (Å²) in [5.74, 6) is 2.11. The number of carboxylic acids is 1. The summed E-state index contributed by atoms with van der Waals surface area (Å²) in [7, 11) is 5.74. The highest BCUT2D eigenvalue weighted by Gasteiger charge is 2.27. The van der Waals surface area contributed by atoms with Crippen molar-refractivity contribution in [3.63, 3.8) is 0 Å². The van der Waals surface area contributed by atoms with E-state index < -0.39 is 5.97 Å². The number of carboxylic acid groups (broad SMARTS) is 1. The molecule has 1 aliphatic heterocycles.